The summed E-state index contributed by atoms with van der Waals surface area (Å²) in [6, 6.07) is 0. The molecule has 0 spiro atoms. The van der Waals surface area contributed by atoms with Crippen molar-refractivity contribution in [1.82, 2.24) is 4.90 Å². The van der Waals surface area contributed by atoms with E-state index in [1.165, 1.54) is 25.7 Å². The minimum absolute atomic E-state index is 0.906. The molecule has 1 aliphatic heterocycles. The predicted octanol–water partition coefficient (Wildman–Crippen LogP) is 2.46. The lowest BCUT2D eigenvalue weighted by Crippen LogP contribution is -2.36. The highest BCUT2D eigenvalue weighted by molar-refractivity contribution is 4.85. The Morgan fingerprint density at radius 2 is 1.93 bits per heavy atom. The smallest absolute Gasteiger partial charge is 0.0594 e. The van der Waals surface area contributed by atoms with Gasteiger partial charge in [-0.15, -0.1) is 0 Å². The number of nitrogens with zero attached hydrogens (tertiary/aromatic N) is 1. The molecule has 0 bridgehead atoms. The quantitative estimate of drug-likeness (QED) is 0.479. The number of morpholine rings is 1. The maximum absolute atomic E-state index is 5.29. The van der Waals surface area contributed by atoms with Crippen LogP contribution in [0.2, 0.25) is 0 Å². The zero-order valence-corrected chi connectivity index (χ0v) is 9.37. The summed E-state index contributed by atoms with van der Waals surface area (Å²) < 4.78 is 5.29. The van der Waals surface area contributed by atoms with E-state index >= 15 is 0 Å². The molecule has 1 heterocycles. The van der Waals surface area contributed by atoms with Crippen LogP contribution in [0.15, 0.2) is 12.2 Å². The normalized spacial score (nSPS) is 19.2. The van der Waals surface area contributed by atoms with Crippen molar-refractivity contribution >= 4 is 0 Å². The lowest BCUT2D eigenvalue weighted by atomic mass is 10.2. The van der Waals surface area contributed by atoms with Crippen LogP contribution < -0.4 is 0 Å². The van der Waals surface area contributed by atoms with Crippen LogP contribution in [0, 0.1) is 0 Å². The van der Waals surface area contributed by atoms with Crippen molar-refractivity contribution in [2.24, 2.45) is 0 Å². The second-order valence-corrected chi connectivity index (χ2v) is 3.88. The Hall–Kier alpha value is -0.340. The number of hydrogen-bond donors (Lipinski definition) is 0. The van der Waals surface area contributed by atoms with E-state index in [1.54, 1.807) is 0 Å². The van der Waals surface area contributed by atoms with E-state index < -0.39 is 0 Å². The first-order chi connectivity index (χ1) is 6.93. The van der Waals surface area contributed by atoms with E-state index in [0.717, 1.165) is 32.8 Å². The van der Waals surface area contributed by atoms with Gasteiger partial charge >= 0.3 is 0 Å². The third kappa shape index (κ3) is 5.40. The molecule has 2 heteroatoms. The van der Waals surface area contributed by atoms with Crippen molar-refractivity contribution < 1.29 is 4.74 Å². The second-order valence-electron chi connectivity index (χ2n) is 3.88. The first-order valence-corrected chi connectivity index (χ1v) is 5.88. The van der Waals surface area contributed by atoms with Crippen LogP contribution in [-0.2, 0) is 4.74 Å². The average Bonchev–Trinajstić information content (AvgIpc) is 2.25. The highest BCUT2D eigenvalue weighted by Crippen LogP contribution is 2.01. The third-order valence-electron chi connectivity index (χ3n) is 2.61. The Morgan fingerprint density at radius 3 is 2.64 bits per heavy atom. The summed E-state index contributed by atoms with van der Waals surface area (Å²) >= 11 is 0. The number of allylic oxidation sites excluding steroid dienone is 1. The van der Waals surface area contributed by atoms with Gasteiger partial charge in [0, 0.05) is 19.6 Å². The molecule has 0 aromatic heterocycles. The van der Waals surface area contributed by atoms with E-state index in [4.69, 9.17) is 4.74 Å². The largest absolute Gasteiger partial charge is 0.379 e. The summed E-state index contributed by atoms with van der Waals surface area (Å²) in [4.78, 5) is 2.44. The summed E-state index contributed by atoms with van der Waals surface area (Å²) in [6.45, 7) is 7.36. The molecule has 1 saturated heterocycles. The molecule has 0 aromatic rings. The molecule has 0 unspecified atom stereocenters. The first kappa shape index (κ1) is 11.7. The van der Waals surface area contributed by atoms with Crippen LogP contribution in [0.1, 0.15) is 32.6 Å². The standard InChI is InChI=1S/C12H23NO/c1-2-3-4-5-6-7-8-13-9-11-14-12-10-13/h6-7H,2-5,8-12H2,1H3. The summed E-state index contributed by atoms with van der Waals surface area (Å²) in [6.07, 6.45) is 9.90. The Kier molecular flexibility index (Phi) is 6.71. The van der Waals surface area contributed by atoms with Crippen molar-refractivity contribution in [1.29, 1.82) is 0 Å². The molecule has 0 aromatic carbocycles. The van der Waals surface area contributed by atoms with E-state index in [2.05, 4.69) is 24.0 Å². The Bertz CT molecular complexity index is 150. The van der Waals surface area contributed by atoms with Gasteiger partial charge in [-0.3, -0.25) is 4.90 Å². The molecule has 0 atom stereocenters. The SMILES string of the molecule is CCCCCC=CCN1CCOCC1. The maximum Gasteiger partial charge on any atom is 0.0594 e. The average molecular weight is 197 g/mol. The molecule has 1 fully saturated rings. The van der Waals surface area contributed by atoms with E-state index in [0.29, 0.717) is 0 Å². The number of ether oxygens (including phenoxy) is 1. The van der Waals surface area contributed by atoms with Gasteiger partial charge in [0.2, 0.25) is 0 Å². The molecule has 82 valence electrons. The summed E-state index contributed by atoms with van der Waals surface area (Å²) in [5.41, 5.74) is 0. The summed E-state index contributed by atoms with van der Waals surface area (Å²) in [5, 5.41) is 0. The van der Waals surface area contributed by atoms with Crippen LogP contribution in [0.5, 0.6) is 0 Å². The predicted molar refractivity (Wildman–Crippen MR) is 60.5 cm³/mol. The van der Waals surface area contributed by atoms with Crippen molar-refractivity contribution in [3.05, 3.63) is 12.2 Å². The van der Waals surface area contributed by atoms with Crippen molar-refractivity contribution in [3.8, 4) is 0 Å². The fourth-order valence-corrected chi connectivity index (χ4v) is 1.64. The van der Waals surface area contributed by atoms with Crippen LogP contribution >= 0.6 is 0 Å². The van der Waals surface area contributed by atoms with Crippen molar-refractivity contribution in [2.45, 2.75) is 32.6 Å². The van der Waals surface area contributed by atoms with Gasteiger partial charge in [-0.1, -0.05) is 31.9 Å². The first-order valence-electron chi connectivity index (χ1n) is 5.88. The van der Waals surface area contributed by atoms with Gasteiger partial charge in [0.15, 0.2) is 0 Å². The van der Waals surface area contributed by atoms with Crippen LogP contribution in [0.25, 0.3) is 0 Å². The molecule has 1 aliphatic rings. The molecule has 1 rings (SSSR count). The van der Waals surface area contributed by atoms with Gasteiger partial charge in [0.1, 0.15) is 0 Å². The fourth-order valence-electron chi connectivity index (χ4n) is 1.64. The molecule has 0 radical (unpaired) electrons. The Labute approximate surface area is 87.9 Å². The minimum Gasteiger partial charge on any atom is -0.379 e. The lowest BCUT2D eigenvalue weighted by molar-refractivity contribution is 0.0434. The van der Waals surface area contributed by atoms with Gasteiger partial charge in [-0.25, -0.2) is 0 Å². The van der Waals surface area contributed by atoms with Gasteiger partial charge in [-0.2, -0.15) is 0 Å². The molecule has 0 aliphatic carbocycles. The highest BCUT2D eigenvalue weighted by Gasteiger charge is 2.07. The van der Waals surface area contributed by atoms with Gasteiger partial charge < -0.3 is 4.74 Å². The number of unbranched alkanes of at least 4 members (excludes halogenated alkanes) is 3. The van der Waals surface area contributed by atoms with Crippen LogP contribution in [0.4, 0.5) is 0 Å². The van der Waals surface area contributed by atoms with Crippen LogP contribution in [-0.4, -0.2) is 37.7 Å². The summed E-state index contributed by atoms with van der Waals surface area (Å²) in [7, 11) is 0. The van der Waals surface area contributed by atoms with Gasteiger partial charge in [0.05, 0.1) is 13.2 Å². The van der Waals surface area contributed by atoms with Gasteiger partial charge in [0.25, 0.3) is 0 Å². The molecular formula is C12H23NO. The highest BCUT2D eigenvalue weighted by atomic mass is 16.5. The zero-order chi connectivity index (χ0) is 10.1. The number of rotatable bonds is 6. The van der Waals surface area contributed by atoms with Crippen molar-refractivity contribution in [3.63, 3.8) is 0 Å². The Balaban J connectivity index is 1.95. The second kappa shape index (κ2) is 8.01. The van der Waals surface area contributed by atoms with Gasteiger partial charge in [-0.05, 0) is 12.8 Å². The molecular weight excluding hydrogens is 174 g/mol. The monoisotopic (exact) mass is 197 g/mol. The Morgan fingerprint density at radius 1 is 1.14 bits per heavy atom. The van der Waals surface area contributed by atoms with E-state index in [-0.39, 0.29) is 0 Å². The van der Waals surface area contributed by atoms with Crippen LogP contribution in [0.3, 0.4) is 0 Å². The summed E-state index contributed by atoms with van der Waals surface area (Å²) in [5.74, 6) is 0. The lowest BCUT2D eigenvalue weighted by Gasteiger charge is -2.25. The maximum atomic E-state index is 5.29. The number of hydrogen-bond acceptors (Lipinski definition) is 2. The van der Waals surface area contributed by atoms with Crippen molar-refractivity contribution in [2.75, 3.05) is 32.8 Å². The molecule has 2 nitrogen and oxygen atoms in total. The zero-order valence-electron chi connectivity index (χ0n) is 9.37. The third-order valence-corrected chi connectivity index (χ3v) is 2.61. The molecule has 0 saturated carbocycles. The topological polar surface area (TPSA) is 12.5 Å². The van der Waals surface area contributed by atoms with E-state index in [9.17, 15) is 0 Å². The fraction of sp³-hybridized carbons (Fsp3) is 0.833. The molecule has 14 heavy (non-hydrogen) atoms. The minimum atomic E-state index is 0.906. The van der Waals surface area contributed by atoms with E-state index in [1.807, 2.05) is 0 Å². The molecule has 0 N–H and O–H groups in total. The molecule has 0 amide bonds.